The number of ether oxygens (including phenoxy) is 1. The molecule has 1 aromatic carbocycles. The van der Waals surface area contributed by atoms with Gasteiger partial charge in [0.1, 0.15) is 0 Å². The van der Waals surface area contributed by atoms with Crippen molar-refractivity contribution >= 4 is 55.1 Å². The van der Waals surface area contributed by atoms with E-state index in [2.05, 4.69) is 37.2 Å². The van der Waals surface area contributed by atoms with Crippen LogP contribution in [0.1, 0.15) is 10.4 Å². The lowest BCUT2D eigenvalue weighted by molar-refractivity contribution is 0.102. The molecular weight excluding hydrogens is 401 g/mol. The molecule has 0 radical (unpaired) electrons. The number of methoxy groups -OCH3 is 1. The summed E-state index contributed by atoms with van der Waals surface area (Å²) in [5, 5.41) is 3.20. The van der Waals surface area contributed by atoms with Crippen molar-refractivity contribution in [3.8, 4) is 5.75 Å². The first-order chi connectivity index (χ1) is 9.02. The Balaban J connectivity index is 2.34. The highest BCUT2D eigenvalue weighted by molar-refractivity contribution is 9.10. The van der Waals surface area contributed by atoms with Gasteiger partial charge in [-0.3, -0.25) is 4.79 Å². The first kappa shape index (κ1) is 14.4. The molecule has 0 spiro atoms. The summed E-state index contributed by atoms with van der Waals surface area (Å²) in [5.74, 6) is 0.172. The summed E-state index contributed by atoms with van der Waals surface area (Å²) in [7, 11) is 1.51. The van der Waals surface area contributed by atoms with Crippen molar-refractivity contribution in [2.24, 2.45) is 0 Å². The van der Waals surface area contributed by atoms with Crippen LogP contribution in [0.2, 0.25) is 5.02 Å². The highest BCUT2D eigenvalue weighted by Gasteiger charge is 2.16. The molecule has 0 bridgehead atoms. The number of hydrogen-bond donors (Lipinski definition) is 1. The zero-order valence-corrected chi connectivity index (χ0v) is 13.6. The molecule has 0 fully saturated rings. The molecule has 100 valence electrons. The van der Waals surface area contributed by atoms with Crippen LogP contribution in [0.25, 0.3) is 0 Å². The van der Waals surface area contributed by atoms with E-state index in [0.717, 1.165) is 0 Å². The van der Waals surface area contributed by atoms with Gasteiger partial charge < -0.3 is 14.5 Å². The van der Waals surface area contributed by atoms with Crippen LogP contribution >= 0.6 is 43.5 Å². The van der Waals surface area contributed by atoms with Crippen LogP contribution in [0.15, 0.2) is 38.0 Å². The molecule has 0 aliphatic carbocycles. The first-order valence-corrected chi connectivity index (χ1v) is 7.06. The van der Waals surface area contributed by atoms with Gasteiger partial charge in [-0.2, -0.15) is 0 Å². The number of amides is 1. The summed E-state index contributed by atoms with van der Waals surface area (Å²) in [5.41, 5.74) is 0.859. The van der Waals surface area contributed by atoms with Crippen LogP contribution in [0.5, 0.6) is 5.75 Å². The summed E-state index contributed by atoms with van der Waals surface area (Å²) in [6.45, 7) is 0. The quantitative estimate of drug-likeness (QED) is 0.798. The molecule has 0 unspecified atom stereocenters. The van der Waals surface area contributed by atoms with Crippen LogP contribution in [-0.2, 0) is 0 Å². The smallest absolute Gasteiger partial charge is 0.260 e. The molecule has 4 nitrogen and oxygen atoms in total. The van der Waals surface area contributed by atoms with E-state index in [1.54, 1.807) is 18.2 Å². The van der Waals surface area contributed by atoms with Crippen molar-refractivity contribution in [2.75, 3.05) is 12.4 Å². The van der Waals surface area contributed by atoms with Gasteiger partial charge >= 0.3 is 0 Å². The van der Waals surface area contributed by atoms with E-state index in [9.17, 15) is 4.79 Å². The topological polar surface area (TPSA) is 51.5 Å². The first-order valence-electron chi connectivity index (χ1n) is 5.10. The van der Waals surface area contributed by atoms with Gasteiger partial charge in [-0.25, -0.2) is 0 Å². The minimum absolute atomic E-state index is 0.326. The number of rotatable bonds is 3. The van der Waals surface area contributed by atoms with E-state index >= 15 is 0 Å². The lowest BCUT2D eigenvalue weighted by Crippen LogP contribution is -2.12. The summed E-state index contributed by atoms with van der Waals surface area (Å²) >= 11 is 12.4. The number of nitrogens with one attached hydrogen (secondary N) is 1. The van der Waals surface area contributed by atoms with E-state index in [4.69, 9.17) is 20.8 Å². The zero-order valence-electron chi connectivity index (χ0n) is 9.67. The lowest BCUT2D eigenvalue weighted by Gasteiger charge is -2.12. The summed E-state index contributed by atoms with van der Waals surface area (Å²) in [6, 6.07) is 4.85. The molecule has 0 atom stereocenters. The molecule has 7 heteroatoms. The van der Waals surface area contributed by atoms with E-state index < -0.39 is 0 Å². The van der Waals surface area contributed by atoms with Gasteiger partial charge in [0, 0.05) is 5.02 Å². The summed E-state index contributed by atoms with van der Waals surface area (Å²) in [6.07, 6.45) is 1.42. The molecule has 1 N–H and O–H groups in total. The Labute approximate surface area is 131 Å². The van der Waals surface area contributed by atoms with Crippen molar-refractivity contribution < 1.29 is 13.9 Å². The van der Waals surface area contributed by atoms with Crippen molar-refractivity contribution in [1.82, 2.24) is 0 Å². The molecule has 1 amide bonds. The summed E-state index contributed by atoms with van der Waals surface area (Å²) < 4.78 is 11.3. The Morgan fingerprint density at radius 3 is 2.74 bits per heavy atom. The van der Waals surface area contributed by atoms with Gasteiger partial charge in [-0.15, -0.1) is 0 Å². The average Bonchev–Trinajstić information content (AvgIpc) is 2.75. The van der Waals surface area contributed by atoms with Crippen LogP contribution in [0.4, 0.5) is 5.69 Å². The van der Waals surface area contributed by atoms with E-state index in [1.165, 1.54) is 13.4 Å². The van der Waals surface area contributed by atoms with Gasteiger partial charge in [0.25, 0.3) is 5.91 Å². The number of hydrogen-bond acceptors (Lipinski definition) is 3. The number of carbonyl (C=O) groups excluding carboxylic acids is 1. The largest absolute Gasteiger partial charge is 0.493 e. The predicted molar refractivity (Wildman–Crippen MR) is 80.1 cm³/mol. The Kier molecular flexibility index (Phi) is 4.54. The summed E-state index contributed by atoms with van der Waals surface area (Å²) in [4.78, 5) is 12.1. The lowest BCUT2D eigenvalue weighted by atomic mass is 10.2. The van der Waals surface area contributed by atoms with Gasteiger partial charge in [0.2, 0.25) is 0 Å². The molecule has 0 saturated carbocycles. The second-order valence-electron chi connectivity index (χ2n) is 3.53. The molecule has 1 heterocycles. The molecule has 0 aliphatic rings. The van der Waals surface area contributed by atoms with Crippen LogP contribution in [0.3, 0.4) is 0 Å². The van der Waals surface area contributed by atoms with Crippen molar-refractivity contribution in [1.29, 1.82) is 0 Å². The third-order valence-corrected chi connectivity index (χ3v) is 3.74. The predicted octanol–water partition coefficient (Wildman–Crippen LogP) is 4.72. The number of benzene rings is 1. The molecule has 2 aromatic rings. The van der Waals surface area contributed by atoms with Crippen LogP contribution in [0, 0.1) is 0 Å². The van der Waals surface area contributed by atoms with Crippen LogP contribution < -0.4 is 10.1 Å². The monoisotopic (exact) mass is 407 g/mol. The molecule has 2 rings (SSSR count). The third kappa shape index (κ3) is 3.13. The Hall–Kier alpha value is -0.980. The standard InChI is InChI=1S/C12H8Br2ClNO3/c1-18-10-8(13)4-6(15)5-9(10)16-12(17)7-2-3-19-11(7)14/h2-5H,1H3,(H,16,17). The normalized spacial score (nSPS) is 10.3. The maximum absolute atomic E-state index is 12.1. The Bertz CT molecular complexity index is 627. The number of carbonyl (C=O) groups is 1. The highest BCUT2D eigenvalue weighted by atomic mass is 79.9. The van der Waals surface area contributed by atoms with Gasteiger partial charge in [0.15, 0.2) is 10.4 Å². The fourth-order valence-corrected chi connectivity index (χ4v) is 2.90. The minimum Gasteiger partial charge on any atom is -0.493 e. The molecule has 1 aromatic heterocycles. The molecule has 0 saturated heterocycles. The molecule has 19 heavy (non-hydrogen) atoms. The fourth-order valence-electron chi connectivity index (χ4n) is 1.51. The second-order valence-corrected chi connectivity index (χ2v) is 5.54. The minimum atomic E-state index is -0.326. The highest BCUT2D eigenvalue weighted by Crippen LogP contribution is 2.36. The van der Waals surface area contributed by atoms with Gasteiger partial charge in [-0.1, -0.05) is 11.6 Å². The number of furan rings is 1. The average molecular weight is 409 g/mol. The maximum Gasteiger partial charge on any atom is 0.260 e. The maximum atomic E-state index is 12.1. The molecule has 0 aliphatic heterocycles. The van der Waals surface area contributed by atoms with E-state index in [0.29, 0.717) is 31.2 Å². The SMILES string of the molecule is COc1c(Br)cc(Cl)cc1NC(=O)c1ccoc1Br. The van der Waals surface area contributed by atoms with E-state index in [1.807, 2.05) is 0 Å². The van der Waals surface area contributed by atoms with Crippen molar-refractivity contribution in [3.63, 3.8) is 0 Å². The van der Waals surface area contributed by atoms with Gasteiger partial charge in [-0.05, 0) is 50.1 Å². The Morgan fingerprint density at radius 2 is 2.16 bits per heavy atom. The Morgan fingerprint density at radius 1 is 1.42 bits per heavy atom. The molecular formula is C12H8Br2ClNO3. The van der Waals surface area contributed by atoms with Crippen molar-refractivity contribution in [3.05, 3.63) is 44.2 Å². The van der Waals surface area contributed by atoms with Gasteiger partial charge in [0.05, 0.1) is 29.1 Å². The number of anilines is 1. The van der Waals surface area contributed by atoms with Crippen molar-refractivity contribution in [2.45, 2.75) is 0 Å². The van der Waals surface area contributed by atoms with Crippen LogP contribution in [-0.4, -0.2) is 13.0 Å². The zero-order chi connectivity index (χ0) is 14.0. The second kappa shape index (κ2) is 5.98. The van der Waals surface area contributed by atoms with E-state index in [-0.39, 0.29) is 5.91 Å². The fraction of sp³-hybridized carbons (Fsp3) is 0.0833. The number of halogens is 3. The third-order valence-electron chi connectivity index (χ3n) is 2.32.